The van der Waals surface area contributed by atoms with E-state index >= 15 is 0 Å². The number of anilines is 1. The Morgan fingerprint density at radius 1 is 1.04 bits per heavy atom. The zero-order chi connectivity index (χ0) is 19.6. The van der Waals surface area contributed by atoms with Crippen molar-refractivity contribution in [1.29, 1.82) is 0 Å². The Hall–Kier alpha value is -3.32. The summed E-state index contributed by atoms with van der Waals surface area (Å²) < 4.78 is 29.0. The van der Waals surface area contributed by atoms with Crippen LogP contribution in [-0.4, -0.2) is 19.2 Å². The number of carbonyl (C=O) groups excluding carboxylic acids is 1. The number of rotatable bonds is 9. The van der Waals surface area contributed by atoms with Gasteiger partial charge in [-0.05, 0) is 54.1 Å². The summed E-state index contributed by atoms with van der Waals surface area (Å²) in [5.41, 5.74) is 1.60. The summed E-state index contributed by atoms with van der Waals surface area (Å²) in [4.78, 5) is 12.0. The van der Waals surface area contributed by atoms with Crippen LogP contribution in [-0.2, 0) is 18.0 Å². The monoisotopic (exact) mass is 384 g/mol. The number of halogens is 1. The summed E-state index contributed by atoms with van der Waals surface area (Å²) in [6.45, 7) is 1.39. The van der Waals surface area contributed by atoms with Crippen LogP contribution in [0.2, 0.25) is 0 Å². The molecule has 2 N–H and O–H groups in total. The topological polar surface area (TPSA) is 72.7 Å². The van der Waals surface area contributed by atoms with E-state index in [1.807, 2.05) is 30.3 Å². The average molecular weight is 384 g/mol. The Kier molecular flexibility index (Phi) is 7.03. The highest BCUT2D eigenvalue weighted by Gasteiger charge is 2.03. The van der Waals surface area contributed by atoms with Crippen molar-refractivity contribution in [1.82, 2.24) is 5.32 Å². The molecule has 0 atom stereocenters. The molecule has 6 nitrogen and oxygen atoms in total. The Labute approximate surface area is 162 Å². The molecule has 0 bridgehead atoms. The van der Waals surface area contributed by atoms with Gasteiger partial charge >= 0.3 is 6.03 Å². The summed E-state index contributed by atoms with van der Waals surface area (Å²) in [6, 6.07) is 16.4. The van der Waals surface area contributed by atoms with Gasteiger partial charge in [0.05, 0.1) is 19.4 Å². The first kappa shape index (κ1) is 19.4. The molecular weight excluding hydrogens is 363 g/mol. The van der Waals surface area contributed by atoms with Crippen molar-refractivity contribution < 1.29 is 23.1 Å². The number of furan rings is 1. The van der Waals surface area contributed by atoms with E-state index in [1.165, 1.54) is 24.3 Å². The Morgan fingerprint density at radius 2 is 1.89 bits per heavy atom. The second kappa shape index (κ2) is 10.1. The van der Waals surface area contributed by atoms with Gasteiger partial charge in [0.2, 0.25) is 0 Å². The van der Waals surface area contributed by atoms with Crippen molar-refractivity contribution in [3.05, 3.63) is 84.1 Å². The molecule has 0 saturated carbocycles. The maximum atomic E-state index is 12.8. The third-order valence-electron chi connectivity index (χ3n) is 3.75. The first-order valence-corrected chi connectivity index (χ1v) is 8.81. The minimum Gasteiger partial charge on any atom is -0.492 e. The van der Waals surface area contributed by atoms with Crippen molar-refractivity contribution in [2.45, 2.75) is 13.2 Å². The molecule has 0 fully saturated rings. The van der Waals surface area contributed by atoms with Gasteiger partial charge in [0.15, 0.2) is 0 Å². The second-order valence-electron chi connectivity index (χ2n) is 5.96. The number of benzene rings is 2. The van der Waals surface area contributed by atoms with Gasteiger partial charge in [0, 0.05) is 5.69 Å². The summed E-state index contributed by atoms with van der Waals surface area (Å²) in [6.07, 6.45) is 1.60. The van der Waals surface area contributed by atoms with Crippen LogP contribution in [0.25, 0.3) is 0 Å². The van der Waals surface area contributed by atoms with Gasteiger partial charge in [0.25, 0.3) is 0 Å². The largest absolute Gasteiger partial charge is 0.492 e. The van der Waals surface area contributed by atoms with Gasteiger partial charge in [-0.1, -0.05) is 12.1 Å². The van der Waals surface area contributed by atoms with Gasteiger partial charge in [-0.2, -0.15) is 0 Å². The molecule has 3 rings (SSSR count). The minimum absolute atomic E-state index is 0.277. The SMILES string of the molecule is O=C(NCCOc1ccc(F)cc1)Nc1cccc(COCc2ccco2)c1. The molecule has 0 aliphatic rings. The fraction of sp³-hybridized carbons (Fsp3) is 0.190. The van der Waals surface area contributed by atoms with Crippen LogP contribution in [0.1, 0.15) is 11.3 Å². The third-order valence-corrected chi connectivity index (χ3v) is 3.75. The standard InChI is InChI=1S/C21H21FN2O4/c22-17-6-8-19(9-7-17)28-12-10-23-21(25)24-18-4-1-3-16(13-18)14-26-15-20-5-2-11-27-20/h1-9,11,13H,10,12,14-15H2,(H2,23,24,25). The van der Waals surface area contributed by atoms with E-state index in [9.17, 15) is 9.18 Å². The zero-order valence-electron chi connectivity index (χ0n) is 15.2. The number of nitrogens with one attached hydrogen (secondary N) is 2. The lowest BCUT2D eigenvalue weighted by Gasteiger charge is -2.10. The van der Waals surface area contributed by atoms with Crippen molar-refractivity contribution in [2.75, 3.05) is 18.5 Å². The molecule has 0 unspecified atom stereocenters. The lowest BCUT2D eigenvalue weighted by molar-refractivity contribution is 0.0930. The lowest BCUT2D eigenvalue weighted by atomic mass is 10.2. The molecule has 3 aromatic rings. The molecule has 2 aromatic carbocycles. The fourth-order valence-corrected chi connectivity index (χ4v) is 2.44. The molecule has 0 aliphatic carbocycles. The number of hydrogen-bond donors (Lipinski definition) is 2. The smallest absolute Gasteiger partial charge is 0.319 e. The maximum absolute atomic E-state index is 12.8. The van der Waals surface area contributed by atoms with E-state index in [0.29, 0.717) is 31.2 Å². The van der Waals surface area contributed by atoms with Crippen molar-refractivity contribution in [3.63, 3.8) is 0 Å². The van der Waals surface area contributed by atoms with Crippen LogP contribution in [0.15, 0.2) is 71.3 Å². The van der Waals surface area contributed by atoms with Gasteiger partial charge in [0.1, 0.15) is 30.5 Å². The van der Waals surface area contributed by atoms with E-state index in [1.54, 1.807) is 12.3 Å². The highest BCUT2D eigenvalue weighted by molar-refractivity contribution is 5.89. The number of hydrogen-bond acceptors (Lipinski definition) is 4. The minimum atomic E-state index is -0.337. The molecule has 0 aliphatic heterocycles. The lowest BCUT2D eigenvalue weighted by Crippen LogP contribution is -2.32. The van der Waals surface area contributed by atoms with Crippen molar-refractivity contribution >= 4 is 11.7 Å². The zero-order valence-corrected chi connectivity index (χ0v) is 15.2. The van der Waals surface area contributed by atoms with Gasteiger partial charge in [-0.3, -0.25) is 0 Å². The van der Waals surface area contributed by atoms with Gasteiger partial charge < -0.3 is 24.5 Å². The Morgan fingerprint density at radius 3 is 2.68 bits per heavy atom. The first-order chi connectivity index (χ1) is 13.7. The summed E-state index contributed by atoms with van der Waals surface area (Å²) >= 11 is 0. The number of carbonyl (C=O) groups is 1. The summed E-state index contributed by atoms with van der Waals surface area (Å²) in [5, 5.41) is 5.46. The van der Waals surface area contributed by atoms with Crippen molar-refractivity contribution in [3.8, 4) is 5.75 Å². The molecule has 0 saturated heterocycles. The quantitative estimate of drug-likeness (QED) is 0.539. The van der Waals surface area contributed by atoms with Crippen LogP contribution < -0.4 is 15.4 Å². The van der Waals surface area contributed by atoms with E-state index in [4.69, 9.17) is 13.9 Å². The molecule has 1 heterocycles. The number of amides is 2. The van der Waals surface area contributed by atoms with Crippen LogP contribution in [0.4, 0.5) is 14.9 Å². The molecule has 0 spiro atoms. The van der Waals surface area contributed by atoms with Crippen LogP contribution in [0.3, 0.4) is 0 Å². The molecule has 0 radical (unpaired) electrons. The van der Waals surface area contributed by atoms with E-state index in [-0.39, 0.29) is 18.5 Å². The Balaban J connectivity index is 1.36. The summed E-state index contributed by atoms with van der Waals surface area (Å²) in [7, 11) is 0. The molecular formula is C21H21FN2O4. The van der Waals surface area contributed by atoms with Crippen LogP contribution >= 0.6 is 0 Å². The van der Waals surface area contributed by atoms with E-state index < -0.39 is 0 Å². The van der Waals surface area contributed by atoms with Crippen molar-refractivity contribution in [2.24, 2.45) is 0 Å². The number of ether oxygens (including phenoxy) is 2. The van der Waals surface area contributed by atoms with Crippen LogP contribution in [0, 0.1) is 5.82 Å². The molecule has 2 amide bonds. The highest BCUT2D eigenvalue weighted by Crippen LogP contribution is 2.13. The van der Waals surface area contributed by atoms with Gasteiger partial charge in [-0.25, -0.2) is 9.18 Å². The molecule has 1 aromatic heterocycles. The molecule has 7 heteroatoms. The third kappa shape index (κ3) is 6.44. The average Bonchev–Trinajstić information content (AvgIpc) is 3.20. The highest BCUT2D eigenvalue weighted by atomic mass is 19.1. The van der Waals surface area contributed by atoms with E-state index in [0.717, 1.165) is 11.3 Å². The summed E-state index contributed by atoms with van der Waals surface area (Å²) in [5.74, 6) is 0.987. The first-order valence-electron chi connectivity index (χ1n) is 8.81. The fourth-order valence-electron chi connectivity index (χ4n) is 2.44. The number of urea groups is 1. The molecule has 28 heavy (non-hydrogen) atoms. The Bertz CT molecular complexity index is 866. The predicted octanol–water partition coefficient (Wildman–Crippen LogP) is 4.34. The molecule has 146 valence electrons. The normalized spacial score (nSPS) is 10.5. The predicted molar refractivity (Wildman–Crippen MR) is 103 cm³/mol. The van der Waals surface area contributed by atoms with E-state index in [2.05, 4.69) is 10.6 Å². The van der Waals surface area contributed by atoms with Gasteiger partial charge in [-0.15, -0.1) is 0 Å². The maximum Gasteiger partial charge on any atom is 0.319 e. The van der Waals surface area contributed by atoms with Crippen LogP contribution in [0.5, 0.6) is 5.75 Å². The second-order valence-corrected chi connectivity index (χ2v) is 5.96.